The van der Waals surface area contributed by atoms with Gasteiger partial charge in [0.2, 0.25) is 5.95 Å². The number of hydrogen-bond acceptors (Lipinski definition) is 8. The molecule has 0 aliphatic heterocycles. The first-order valence-corrected chi connectivity index (χ1v) is 14.4. The normalized spacial score (nSPS) is 10.2. The van der Waals surface area contributed by atoms with Crippen molar-refractivity contribution in [1.82, 2.24) is 9.97 Å². The van der Waals surface area contributed by atoms with Crippen molar-refractivity contribution < 1.29 is 0 Å². The Morgan fingerprint density at radius 3 is 1.09 bits per heavy atom. The number of nitrogens with two attached hydrogens (primary N) is 1. The lowest BCUT2D eigenvalue weighted by Gasteiger charge is -2.31. The van der Waals surface area contributed by atoms with Crippen LogP contribution in [0.25, 0.3) is 5.57 Å². The molecule has 0 saturated carbocycles. The zero-order valence-electron chi connectivity index (χ0n) is 24.6. The molecule has 0 aliphatic rings. The summed E-state index contributed by atoms with van der Waals surface area (Å²) in [5.41, 5.74) is 10.3. The van der Waals surface area contributed by atoms with Crippen molar-refractivity contribution in [2.75, 3.05) is 15.5 Å². The van der Waals surface area contributed by atoms with E-state index in [4.69, 9.17) is 15.7 Å². The molecule has 0 spiro atoms. The van der Waals surface area contributed by atoms with E-state index in [1.165, 1.54) is 0 Å². The smallest absolute Gasteiger partial charge is 0.223 e. The lowest BCUT2D eigenvalue weighted by molar-refractivity contribution is 0.759. The summed E-state index contributed by atoms with van der Waals surface area (Å²) in [5.74, 6) is 0.723. The third-order valence-corrected chi connectivity index (χ3v) is 7.19. The van der Waals surface area contributed by atoms with Crippen LogP contribution in [0.1, 0.15) is 27.8 Å². The van der Waals surface area contributed by atoms with Gasteiger partial charge in [-0.15, -0.1) is 0 Å². The monoisotopic (exact) mass is 586 g/mol. The summed E-state index contributed by atoms with van der Waals surface area (Å²) in [7, 11) is 0. The summed E-state index contributed by atoms with van der Waals surface area (Å²) in [6.07, 6.45) is 0. The van der Waals surface area contributed by atoms with Crippen LogP contribution in [0.5, 0.6) is 0 Å². The molecule has 8 heteroatoms. The Balaban J connectivity index is 1.78. The Kier molecular flexibility index (Phi) is 9.78. The summed E-state index contributed by atoms with van der Waals surface area (Å²) >= 11 is 0. The molecule has 4 aromatic carbocycles. The van der Waals surface area contributed by atoms with Crippen molar-refractivity contribution in [3.8, 4) is 18.2 Å². The minimum atomic E-state index is -0.327. The van der Waals surface area contributed by atoms with Crippen LogP contribution in [-0.2, 0) is 26.2 Å². The van der Waals surface area contributed by atoms with Gasteiger partial charge in [-0.2, -0.15) is 25.8 Å². The zero-order chi connectivity index (χ0) is 31.4. The average Bonchev–Trinajstić information content (AvgIpc) is 3.08. The molecule has 1 aromatic heterocycles. The summed E-state index contributed by atoms with van der Waals surface area (Å²) in [6, 6.07) is 45.6. The van der Waals surface area contributed by atoms with Gasteiger partial charge in [-0.05, 0) is 22.3 Å². The van der Waals surface area contributed by atoms with Crippen molar-refractivity contribution >= 4 is 23.2 Å². The molecule has 0 unspecified atom stereocenters. The van der Waals surface area contributed by atoms with Crippen molar-refractivity contribution in [2.45, 2.75) is 26.2 Å². The molecule has 218 valence electrons. The van der Waals surface area contributed by atoms with E-state index in [-0.39, 0.29) is 22.7 Å². The van der Waals surface area contributed by atoms with Crippen molar-refractivity contribution in [2.24, 2.45) is 0 Å². The topological polar surface area (TPSA) is 130 Å². The van der Waals surface area contributed by atoms with E-state index in [0.717, 1.165) is 22.3 Å². The average molecular weight is 587 g/mol. The largest absolute Gasteiger partial charge is 0.368 e. The molecule has 1 heterocycles. The van der Waals surface area contributed by atoms with Gasteiger partial charge in [0, 0.05) is 26.2 Å². The van der Waals surface area contributed by atoms with Gasteiger partial charge in [0.15, 0.2) is 0 Å². The van der Waals surface area contributed by atoms with Crippen molar-refractivity contribution in [3.05, 3.63) is 155 Å². The molecule has 0 amide bonds. The fourth-order valence-corrected chi connectivity index (χ4v) is 5.14. The van der Waals surface area contributed by atoms with Crippen molar-refractivity contribution in [1.29, 1.82) is 15.8 Å². The highest BCUT2D eigenvalue weighted by Gasteiger charge is 2.28. The number of nitrogen functional groups attached to an aromatic ring is 1. The molecule has 5 rings (SSSR count). The van der Waals surface area contributed by atoms with Crippen LogP contribution in [0.4, 0.5) is 17.6 Å². The number of nitrogens with zero attached hydrogens (tertiary/aromatic N) is 7. The molecule has 0 atom stereocenters. The third kappa shape index (κ3) is 7.51. The van der Waals surface area contributed by atoms with Gasteiger partial charge in [-0.1, -0.05) is 121 Å². The van der Waals surface area contributed by atoms with E-state index < -0.39 is 0 Å². The molecule has 5 aromatic rings. The quantitative estimate of drug-likeness (QED) is 0.167. The van der Waals surface area contributed by atoms with Gasteiger partial charge in [-0.25, -0.2) is 0 Å². The molecule has 8 nitrogen and oxygen atoms in total. The summed E-state index contributed by atoms with van der Waals surface area (Å²) < 4.78 is 0. The molecule has 0 bridgehead atoms. The van der Waals surface area contributed by atoms with E-state index in [9.17, 15) is 15.8 Å². The van der Waals surface area contributed by atoms with E-state index >= 15 is 0 Å². The second-order valence-corrected chi connectivity index (χ2v) is 10.3. The maximum atomic E-state index is 10.5. The van der Waals surface area contributed by atoms with E-state index in [0.29, 0.717) is 37.8 Å². The van der Waals surface area contributed by atoms with E-state index in [1.807, 2.05) is 143 Å². The lowest BCUT2D eigenvalue weighted by atomic mass is 10.0. The Hall–Kier alpha value is -6.43. The van der Waals surface area contributed by atoms with Crippen LogP contribution in [0.2, 0.25) is 0 Å². The fourth-order valence-electron chi connectivity index (χ4n) is 5.14. The highest BCUT2D eigenvalue weighted by molar-refractivity contribution is 5.94. The Morgan fingerprint density at radius 2 is 0.822 bits per heavy atom. The van der Waals surface area contributed by atoms with E-state index in [1.54, 1.807) is 0 Å². The number of hydrogen-bond donors (Lipinski definition) is 1. The first kappa shape index (κ1) is 30.0. The molecular weight excluding hydrogens is 556 g/mol. The first-order valence-electron chi connectivity index (χ1n) is 14.4. The van der Waals surface area contributed by atoms with Crippen LogP contribution >= 0.6 is 0 Å². The summed E-state index contributed by atoms with van der Waals surface area (Å²) in [6.45, 7) is 1.68. The number of nitriles is 3. The molecule has 45 heavy (non-hydrogen) atoms. The highest BCUT2D eigenvalue weighted by atomic mass is 15.3. The van der Waals surface area contributed by atoms with Gasteiger partial charge in [-0.3, -0.25) is 0 Å². The third-order valence-electron chi connectivity index (χ3n) is 7.19. The van der Waals surface area contributed by atoms with Crippen LogP contribution in [0.15, 0.2) is 127 Å². The van der Waals surface area contributed by atoms with Gasteiger partial charge in [0.1, 0.15) is 35.4 Å². The SMILES string of the molecule is N#CC(C#N)=C(C#N)c1c(N(Cc2ccccc2)Cc2ccccc2)nc(N)nc1N(Cc1ccccc1)Cc1ccccc1. The Bertz CT molecular complexity index is 1680. The molecule has 2 N–H and O–H groups in total. The Morgan fingerprint density at radius 1 is 0.511 bits per heavy atom. The molecular formula is C37H30N8. The van der Waals surface area contributed by atoms with Gasteiger partial charge in [0.05, 0.1) is 11.1 Å². The number of aromatic nitrogens is 2. The van der Waals surface area contributed by atoms with Crippen LogP contribution < -0.4 is 15.5 Å². The zero-order valence-corrected chi connectivity index (χ0v) is 24.6. The highest BCUT2D eigenvalue weighted by Crippen LogP contribution is 2.38. The van der Waals surface area contributed by atoms with Gasteiger partial charge >= 0.3 is 0 Å². The maximum Gasteiger partial charge on any atom is 0.223 e. The maximum absolute atomic E-state index is 10.5. The Labute approximate surface area is 263 Å². The number of benzene rings is 4. The second-order valence-electron chi connectivity index (χ2n) is 10.3. The van der Waals surface area contributed by atoms with Crippen LogP contribution in [-0.4, -0.2) is 9.97 Å². The molecule has 0 radical (unpaired) electrons. The van der Waals surface area contributed by atoms with Gasteiger partial charge in [0.25, 0.3) is 0 Å². The second kappa shape index (κ2) is 14.6. The van der Waals surface area contributed by atoms with E-state index in [2.05, 4.69) is 6.07 Å². The number of anilines is 3. The molecule has 0 aliphatic carbocycles. The fraction of sp³-hybridized carbons (Fsp3) is 0.108. The molecule has 0 saturated heterocycles. The minimum Gasteiger partial charge on any atom is -0.368 e. The minimum absolute atomic E-state index is 0.00810. The first-order chi connectivity index (χ1) is 22.1. The van der Waals surface area contributed by atoms with Crippen LogP contribution in [0, 0.1) is 34.0 Å². The standard InChI is InChI=1S/C37H30N8/c38-21-32(22-39)33(23-40)34-35(44(24-28-13-5-1-6-14-28)25-29-15-7-2-8-16-29)42-37(41)43-36(34)45(26-30-17-9-3-10-18-30)27-31-19-11-4-12-20-31/h1-20H,24-27H2,(H2,41,42,43). The summed E-state index contributed by atoms with van der Waals surface area (Å²) in [5, 5.41) is 30.5. The van der Waals surface area contributed by atoms with Crippen molar-refractivity contribution in [3.63, 3.8) is 0 Å². The number of rotatable bonds is 11. The molecule has 0 fully saturated rings. The summed E-state index contributed by atoms with van der Waals surface area (Å²) in [4.78, 5) is 13.4. The predicted octanol–water partition coefficient (Wildman–Crippen LogP) is 6.80. The number of allylic oxidation sites excluding steroid dienone is 2. The lowest BCUT2D eigenvalue weighted by Crippen LogP contribution is -2.29. The van der Waals surface area contributed by atoms with Gasteiger partial charge < -0.3 is 15.5 Å². The van der Waals surface area contributed by atoms with Crippen LogP contribution in [0.3, 0.4) is 0 Å². The predicted molar refractivity (Wildman–Crippen MR) is 176 cm³/mol.